The fourth-order valence-electron chi connectivity index (χ4n) is 5.09. The number of hydrogen-bond acceptors (Lipinski definition) is 6. The van der Waals surface area contributed by atoms with E-state index in [9.17, 15) is 0 Å². The van der Waals surface area contributed by atoms with Gasteiger partial charge < -0.3 is 23.9 Å². The highest BCUT2D eigenvalue weighted by Gasteiger charge is 2.50. The molecule has 1 aliphatic carbocycles. The van der Waals surface area contributed by atoms with Gasteiger partial charge in [0.2, 0.25) is 6.29 Å². The topological polar surface area (TPSA) is 52.5 Å². The highest BCUT2D eigenvalue weighted by Crippen LogP contribution is 2.49. The predicted octanol–water partition coefficient (Wildman–Crippen LogP) is 3.73. The van der Waals surface area contributed by atoms with E-state index >= 15 is 0 Å². The first kappa shape index (κ1) is 19.5. The number of hydrogen-bond donors (Lipinski definition) is 0. The van der Waals surface area contributed by atoms with E-state index in [0.717, 1.165) is 75.3 Å². The molecule has 0 aromatic heterocycles. The van der Waals surface area contributed by atoms with Gasteiger partial charge in [0.05, 0.1) is 26.5 Å². The van der Waals surface area contributed by atoms with Gasteiger partial charge >= 0.3 is 0 Å². The van der Waals surface area contributed by atoms with E-state index in [0.29, 0.717) is 6.04 Å². The van der Waals surface area contributed by atoms with E-state index in [2.05, 4.69) is 29.2 Å². The number of fused-ring (bicyclic) bond motifs is 1. The summed E-state index contributed by atoms with van der Waals surface area (Å²) >= 11 is 0. The Morgan fingerprint density at radius 3 is 2.75 bits per heavy atom. The zero-order valence-corrected chi connectivity index (χ0v) is 17.3. The van der Waals surface area contributed by atoms with E-state index < -0.39 is 0 Å². The summed E-state index contributed by atoms with van der Waals surface area (Å²) in [5.74, 6) is 1.59. The summed E-state index contributed by atoms with van der Waals surface area (Å²) in [5, 5.41) is 4.51. The molecule has 1 unspecified atom stereocenters. The van der Waals surface area contributed by atoms with Crippen LogP contribution in [0.1, 0.15) is 50.5 Å². The van der Waals surface area contributed by atoms with Crippen LogP contribution in [-0.4, -0.2) is 57.4 Å². The molecule has 0 radical (unpaired) electrons. The van der Waals surface area contributed by atoms with Crippen molar-refractivity contribution in [3.05, 3.63) is 23.8 Å². The summed E-state index contributed by atoms with van der Waals surface area (Å²) in [6.07, 6.45) is 7.19. The van der Waals surface area contributed by atoms with Crippen LogP contribution in [0, 0.1) is 0 Å². The second-order valence-electron chi connectivity index (χ2n) is 8.24. The molecule has 1 aromatic rings. The zero-order valence-electron chi connectivity index (χ0n) is 17.3. The quantitative estimate of drug-likeness (QED) is 0.720. The molecule has 0 N–H and O–H groups in total. The van der Waals surface area contributed by atoms with Crippen molar-refractivity contribution in [2.24, 2.45) is 5.16 Å². The van der Waals surface area contributed by atoms with Crippen molar-refractivity contribution in [3.8, 4) is 11.5 Å². The average molecular weight is 389 g/mol. The first-order valence-electron chi connectivity index (χ1n) is 10.4. The van der Waals surface area contributed by atoms with Gasteiger partial charge in [0, 0.05) is 24.3 Å². The van der Waals surface area contributed by atoms with Crippen LogP contribution < -0.4 is 9.47 Å². The SMILES string of the molecule is COc1ccc([C@@]23CCC(=NOC4CCCCO4)C[C@@H]2N(C)CC3)cc1OC. The lowest BCUT2D eigenvalue weighted by Gasteiger charge is -2.42. The van der Waals surface area contributed by atoms with Crippen molar-refractivity contribution in [2.75, 3.05) is 34.4 Å². The lowest BCUT2D eigenvalue weighted by molar-refractivity contribution is -0.162. The third-order valence-corrected chi connectivity index (χ3v) is 6.76. The second kappa shape index (κ2) is 8.29. The molecule has 0 bridgehead atoms. The molecule has 2 aliphatic heterocycles. The minimum absolute atomic E-state index is 0.134. The molecule has 154 valence electrons. The monoisotopic (exact) mass is 388 g/mol. The summed E-state index contributed by atoms with van der Waals surface area (Å²) in [5.41, 5.74) is 2.63. The van der Waals surface area contributed by atoms with Crippen LogP contribution in [0.2, 0.25) is 0 Å². The number of methoxy groups -OCH3 is 2. The lowest BCUT2D eigenvalue weighted by atomic mass is 9.65. The third-order valence-electron chi connectivity index (χ3n) is 6.76. The number of oxime groups is 1. The number of likely N-dealkylation sites (tertiary alicyclic amines) is 1. The maximum atomic E-state index is 5.72. The third kappa shape index (κ3) is 3.60. The van der Waals surface area contributed by atoms with Gasteiger partial charge in [-0.15, -0.1) is 0 Å². The first-order valence-corrected chi connectivity index (χ1v) is 10.4. The van der Waals surface area contributed by atoms with E-state index in [-0.39, 0.29) is 11.7 Å². The van der Waals surface area contributed by atoms with Crippen LogP contribution in [0.5, 0.6) is 11.5 Å². The number of ether oxygens (including phenoxy) is 3. The summed E-state index contributed by atoms with van der Waals surface area (Å²) in [6, 6.07) is 6.83. The normalized spacial score (nSPS) is 32.2. The van der Waals surface area contributed by atoms with Crippen molar-refractivity contribution >= 4 is 5.71 Å². The van der Waals surface area contributed by atoms with Crippen molar-refractivity contribution < 1.29 is 19.0 Å². The van der Waals surface area contributed by atoms with Crippen LogP contribution in [0.15, 0.2) is 23.4 Å². The average Bonchev–Trinajstić information content (AvgIpc) is 3.09. The Morgan fingerprint density at radius 1 is 1.14 bits per heavy atom. The summed E-state index contributed by atoms with van der Waals surface area (Å²) in [7, 11) is 5.61. The number of likely N-dealkylation sites (N-methyl/N-ethyl adjacent to an activating group) is 1. The second-order valence-corrected chi connectivity index (χ2v) is 8.24. The van der Waals surface area contributed by atoms with Crippen LogP contribution in [0.4, 0.5) is 0 Å². The Kier molecular flexibility index (Phi) is 5.78. The Balaban J connectivity index is 1.53. The van der Waals surface area contributed by atoms with Crippen molar-refractivity contribution in [1.82, 2.24) is 4.90 Å². The minimum Gasteiger partial charge on any atom is -0.493 e. The van der Waals surface area contributed by atoms with Gasteiger partial charge in [-0.2, -0.15) is 0 Å². The molecule has 3 atom stereocenters. The van der Waals surface area contributed by atoms with Crippen LogP contribution in [-0.2, 0) is 15.0 Å². The van der Waals surface area contributed by atoms with Gasteiger partial charge in [0.15, 0.2) is 11.5 Å². The van der Waals surface area contributed by atoms with Crippen molar-refractivity contribution in [1.29, 1.82) is 0 Å². The maximum Gasteiger partial charge on any atom is 0.226 e. The molecule has 28 heavy (non-hydrogen) atoms. The Morgan fingerprint density at radius 2 is 2.00 bits per heavy atom. The first-order chi connectivity index (χ1) is 13.7. The molecule has 2 heterocycles. The Labute approximate surface area is 167 Å². The standard InChI is InChI=1S/C22H32N2O4/c1-24-12-11-22(16-7-8-18(25-2)19(14-16)26-3)10-9-17(15-20(22)24)23-28-21-6-4-5-13-27-21/h7-8,14,20-21H,4-6,9-13,15H2,1-3H3/t20-,21?,22-/m0/s1. The summed E-state index contributed by atoms with van der Waals surface area (Å²) < 4.78 is 16.7. The molecule has 6 nitrogen and oxygen atoms in total. The summed E-state index contributed by atoms with van der Waals surface area (Å²) in [6.45, 7) is 1.88. The molecule has 2 saturated heterocycles. The van der Waals surface area contributed by atoms with Crippen molar-refractivity contribution in [3.63, 3.8) is 0 Å². The van der Waals surface area contributed by atoms with Gasteiger partial charge in [-0.1, -0.05) is 11.2 Å². The molecule has 3 aliphatic rings. The smallest absolute Gasteiger partial charge is 0.226 e. The van der Waals surface area contributed by atoms with Gasteiger partial charge in [-0.25, -0.2) is 0 Å². The van der Waals surface area contributed by atoms with Crippen molar-refractivity contribution in [2.45, 2.75) is 62.7 Å². The molecule has 1 aromatic carbocycles. The Bertz CT molecular complexity index is 716. The molecule has 1 saturated carbocycles. The minimum atomic E-state index is -0.167. The van der Waals surface area contributed by atoms with E-state index in [1.54, 1.807) is 14.2 Å². The lowest BCUT2D eigenvalue weighted by Crippen LogP contribution is -2.46. The molecule has 3 fully saturated rings. The highest BCUT2D eigenvalue weighted by atomic mass is 16.8. The Hall–Kier alpha value is -1.79. The molecule has 0 amide bonds. The number of benzene rings is 1. The van der Waals surface area contributed by atoms with E-state index in [1.807, 2.05) is 6.07 Å². The van der Waals surface area contributed by atoms with Gasteiger partial charge in [-0.3, -0.25) is 0 Å². The maximum absolute atomic E-state index is 5.72. The van der Waals surface area contributed by atoms with Gasteiger partial charge in [0.25, 0.3) is 0 Å². The number of rotatable bonds is 5. The van der Waals surface area contributed by atoms with Gasteiger partial charge in [-0.05, 0) is 63.4 Å². The van der Waals surface area contributed by atoms with E-state index in [1.165, 1.54) is 5.56 Å². The molecule has 4 rings (SSSR count). The number of nitrogens with zero attached hydrogens (tertiary/aromatic N) is 2. The molecular weight excluding hydrogens is 356 g/mol. The van der Waals surface area contributed by atoms with Crippen LogP contribution >= 0.6 is 0 Å². The molecule has 6 heteroatoms. The van der Waals surface area contributed by atoms with Crippen LogP contribution in [0.3, 0.4) is 0 Å². The predicted molar refractivity (Wildman–Crippen MR) is 108 cm³/mol. The highest BCUT2D eigenvalue weighted by molar-refractivity contribution is 5.86. The summed E-state index contributed by atoms with van der Waals surface area (Å²) in [4.78, 5) is 8.20. The molecular formula is C22H32N2O4. The van der Waals surface area contributed by atoms with E-state index in [4.69, 9.17) is 19.0 Å². The van der Waals surface area contributed by atoms with Gasteiger partial charge in [0.1, 0.15) is 0 Å². The fourth-order valence-corrected chi connectivity index (χ4v) is 5.09. The van der Waals surface area contributed by atoms with Crippen LogP contribution in [0.25, 0.3) is 0 Å². The zero-order chi connectivity index (χ0) is 19.6. The fraction of sp³-hybridized carbons (Fsp3) is 0.682. The largest absolute Gasteiger partial charge is 0.493 e. The molecule has 0 spiro atoms.